The highest BCUT2D eigenvalue weighted by molar-refractivity contribution is 9.09. The maximum atomic E-state index is 6.15. The summed E-state index contributed by atoms with van der Waals surface area (Å²) in [6.45, 7) is 4.22. The summed E-state index contributed by atoms with van der Waals surface area (Å²) in [6, 6.07) is 0. The van der Waals surface area contributed by atoms with Gasteiger partial charge in [0, 0.05) is 17.4 Å². The van der Waals surface area contributed by atoms with E-state index in [1.165, 1.54) is 18.4 Å². The predicted molar refractivity (Wildman–Crippen MR) is 68.9 cm³/mol. The summed E-state index contributed by atoms with van der Waals surface area (Å²) >= 11 is 9.79. The van der Waals surface area contributed by atoms with Crippen LogP contribution in [0, 0.1) is 6.92 Å². The summed E-state index contributed by atoms with van der Waals surface area (Å²) in [5, 5.41) is 5.09. The molecule has 15 heavy (non-hydrogen) atoms. The van der Waals surface area contributed by atoms with Gasteiger partial charge in [-0.1, -0.05) is 34.5 Å². The van der Waals surface area contributed by atoms with Gasteiger partial charge in [-0.3, -0.25) is 4.68 Å². The first-order valence-electron chi connectivity index (χ1n) is 5.38. The van der Waals surface area contributed by atoms with Gasteiger partial charge in [-0.15, -0.1) is 0 Å². The largest absolute Gasteiger partial charge is 0.257 e. The second-order valence-corrected chi connectivity index (χ2v) is 5.53. The number of alkyl halides is 1. The molecule has 0 aliphatic heterocycles. The number of halogens is 2. The van der Waals surface area contributed by atoms with Gasteiger partial charge < -0.3 is 0 Å². The molecule has 0 aliphatic rings. The van der Waals surface area contributed by atoms with Crippen LogP contribution < -0.4 is 0 Å². The summed E-state index contributed by atoms with van der Waals surface area (Å²) in [7, 11) is 1.89. The van der Waals surface area contributed by atoms with Crippen molar-refractivity contribution in [2.75, 3.05) is 0 Å². The lowest BCUT2D eigenvalue weighted by Crippen LogP contribution is -1.97. The van der Waals surface area contributed by atoms with Crippen LogP contribution in [0.25, 0.3) is 0 Å². The van der Waals surface area contributed by atoms with Crippen molar-refractivity contribution in [3.05, 3.63) is 16.4 Å². The Morgan fingerprint density at radius 2 is 2.20 bits per heavy atom. The van der Waals surface area contributed by atoms with E-state index in [-0.39, 0.29) is 0 Å². The third-order valence-corrected chi connectivity index (χ3v) is 4.24. The molecule has 0 N–H and O–H groups in total. The van der Waals surface area contributed by atoms with E-state index in [2.05, 4.69) is 28.0 Å². The number of hydrogen-bond donors (Lipinski definition) is 0. The fraction of sp³-hybridized carbons (Fsp3) is 0.727. The molecule has 1 aromatic rings. The molecule has 1 rings (SSSR count). The molecule has 1 atom stereocenters. The first kappa shape index (κ1) is 13.0. The molecule has 0 radical (unpaired) electrons. The van der Waals surface area contributed by atoms with Gasteiger partial charge in [0.2, 0.25) is 0 Å². The first-order valence-corrected chi connectivity index (χ1v) is 6.67. The van der Waals surface area contributed by atoms with E-state index in [4.69, 9.17) is 11.6 Å². The van der Waals surface area contributed by atoms with Gasteiger partial charge in [0.25, 0.3) is 0 Å². The zero-order valence-corrected chi connectivity index (χ0v) is 11.9. The molecule has 0 fully saturated rings. The quantitative estimate of drug-likeness (QED) is 0.753. The third kappa shape index (κ3) is 3.49. The predicted octanol–water partition coefficient (Wildman–Crippen LogP) is 3.88. The van der Waals surface area contributed by atoms with Crippen molar-refractivity contribution in [1.82, 2.24) is 9.78 Å². The van der Waals surface area contributed by atoms with Gasteiger partial charge in [0.05, 0.1) is 5.69 Å². The van der Waals surface area contributed by atoms with Crippen molar-refractivity contribution < 1.29 is 0 Å². The van der Waals surface area contributed by atoms with Crippen LogP contribution in [0.5, 0.6) is 0 Å². The molecule has 0 aromatic carbocycles. The Labute approximate surface area is 105 Å². The topological polar surface area (TPSA) is 17.8 Å². The fourth-order valence-electron chi connectivity index (χ4n) is 1.66. The van der Waals surface area contributed by atoms with Gasteiger partial charge in [0.15, 0.2) is 0 Å². The fourth-order valence-corrected chi connectivity index (χ4v) is 2.26. The zero-order chi connectivity index (χ0) is 11.4. The van der Waals surface area contributed by atoms with E-state index in [0.717, 1.165) is 23.7 Å². The average Bonchev–Trinajstić information content (AvgIpc) is 2.44. The molecule has 0 saturated carbocycles. The second kappa shape index (κ2) is 5.90. The Morgan fingerprint density at radius 3 is 2.67 bits per heavy atom. The number of aromatic nitrogens is 2. The smallest absolute Gasteiger partial charge is 0.130 e. The van der Waals surface area contributed by atoms with Crippen LogP contribution >= 0.6 is 27.5 Å². The van der Waals surface area contributed by atoms with Crippen LogP contribution in [0.3, 0.4) is 0 Å². The zero-order valence-electron chi connectivity index (χ0n) is 9.56. The van der Waals surface area contributed by atoms with Crippen LogP contribution in [0.1, 0.15) is 37.4 Å². The molecular weight excluding hydrogens is 275 g/mol. The molecule has 1 aromatic heterocycles. The van der Waals surface area contributed by atoms with Crippen molar-refractivity contribution in [3.63, 3.8) is 0 Å². The summed E-state index contributed by atoms with van der Waals surface area (Å²) in [6.07, 6.45) is 4.57. The van der Waals surface area contributed by atoms with E-state index in [0.29, 0.717) is 4.83 Å². The van der Waals surface area contributed by atoms with Crippen LogP contribution in [-0.4, -0.2) is 14.6 Å². The van der Waals surface area contributed by atoms with Crippen LogP contribution in [0.15, 0.2) is 0 Å². The molecule has 86 valence electrons. The Bertz CT molecular complexity index is 323. The maximum Gasteiger partial charge on any atom is 0.130 e. The standard InChI is InChI=1S/C11H18BrClN2/c1-4-9(12)6-5-7-10-8(2)14-15(3)11(10)13/h9H,4-7H2,1-3H3. The highest BCUT2D eigenvalue weighted by atomic mass is 79.9. The van der Waals surface area contributed by atoms with Gasteiger partial charge in [-0.2, -0.15) is 5.10 Å². The summed E-state index contributed by atoms with van der Waals surface area (Å²) < 4.78 is 1.75. The van der Waals surface area contributed by atoms with Crippen LogP contribution in [0.4, 0.5) is 0 Å². The van der Waals surface area contributed by atoms with Crippen LogP contribution in [0.2, 0.25) is 5.15 Å². The van der Waals surface area contributed by atoms with E-state index in [9.17, 15) is 0 Å². The Kier molecular flexibility index (Phi) is 5.13. The van der Waals surface area contributed by atoms with Gasteiger partial charge in [0.1, 0.15) is 5.15 Å². The lowest BCUT2D eigenvalue weighted by molar-refractivity contribution is 0.688. The Hall–Kier alpha value is -0.0200. The number of nitrogens with zero attached hydrogens (tertiary/aromatic N) is 2. The van der Waals surface area contributed by atoms with Gasteiger partial charge >= 0.3 is 0 Å². The minimum Gasteiger partial charge on any atom is -0.257 e. The molecular formula is C11H18BrClN2. The molecule has 1 unspecified atom stereocenters. The molecule has 0 bridgehead atoms. The van der Waals surface area contributed by atoms with Gasteiger partial charge in [-0.25, -0.2) is 0 Å². The highest BCUT2D eigenvalue weighted by Crippen LogP contribution is 2.22. The number of hydrogen-bond acceptors (Lipinski definition) is 1. The van der Waals surface area contributed by atoms with E-state index < -0.39 is 0 Å². The van der Waals surface area contributed by atoms with Crippen molar-refractivity contribution in [2.24, 2.45) is 7.05 Å². The minimum atomic E-state index is 0.633. The Morgan fingerprint density at radius 1 is 1.53 bits per heavy atom. The first-order chi connectivity index (χ1) is 7.06. The lowest BCUT2D eigenvalue weighted by atomic mass is 10.1. The molecule has 0 amide bonds. The molecule has 0 aliphatic carbocycles. The number of aryl methyl sites for hydroxylation is 2. The average molecular weight is 294 g/mol. The van der Waals surface area contributed by atoms with Crippen molar-refractivity contribution in [2.45, 2.75) is 44.4 Å². The van der Waals surface area contributed by atoms with Gasteiger partial charge in [-0.05, 0) is 32.6 Å². The Balaban J connectivity index is 2.50. The minimum absolute atomic E-state index is 0.633. The van der Waals surface area contributed by atoms with Crippen molar-refractivity contribution in [1.29, 1.82) is 0 Å². The molecule has 2 nitrogen and oxygen atoms in total. The summed E-state index contributed by atoms with van der Waals surface area (Å²) in [5.41, 5.74) is 2.26. The molecule has 4 heteroatoms. The van der Waals surface area contributed by atoms with E-state index in [1.807, 2.05) is 14.0 Å². The number of rotatable bonds is 5. The molecule has 1 heterocycles. The summed E-state index contributed by atoms with van der Waals surface area (Å²) in [5.74, 6) is 0. The van der Waals surface area contributed by atoms with Crippen LogP contribution in [-0.2, 0) is 13.5 Å². The van der Waals surface area contributed by atoms with E-state index >= 15 is 0 Å². The second-order valence-electron chi connectivity index (χ2n) is 3.88. The lowest BCUT2D eigenvalue weighted by Gasteiger charge is -2.05. The SMILES string of the molecule is CCC(Br)CCCc1c(C)nn(C)c1Cl. The maximum absolute atomic E-state index is 6.15. The van der Waals surface area contributed by atoms with E-state index in [1.54, 1.807) is 4.68 Å². The molecule has 0 saturated heterocycles. The highest BCUT2D eigenvalue weighted by Gasteiger charge is 2.11. The summed E-state index contributed by atoms with van der Waals surface area (Å²) in [4.78, 5) is 0.633. The van der Waals surface area contributed by atoms with Crippen molar-refractivity contribution >= 4 is 27.5 Å². The molecule has 0 spiro atoms. The van der Waals surface area contributed by atoms with Crippen molar-refractivity contribution in [3.8, 4) is 0 Å². The third-order valence-electron chi connectivity index (χ3n) is 2.66. The normalized spacial score (nSPS) is 13.1. The monoisotopic (exact) mass is 292 g/mol.